The number of aryl methyl sites for hydroxylation is 1. The fraction of sp³-hybridized carbons (Fsp3) is 0.318. The molecule has 3 aromatic rings. The Balaban J connectivity index is 1.20. The summed E-state index contributed by atoms with van der Waals surface area (Å²) in [7, 11) is 0. The maximum absolute atomic E-state index is 12.1. The second kappa shape index (κ2) is 7.24. The smallest absolute Gasteiger partial charge is 0.314 e. The van der Waals surface area contributed by atoms with Gasteiger partial charge in [0, 0.05) is 36.8 Å². The second-order valence-electron chi connectivity index (χ2n) is 7.18. The molecule has 1 saturated carbocycles. The molecule has 2 aromatic carbocycles. The zero-order valence-corrected chi connectivity index (χ0v) is 14.9. The van der Waals surface area contributed by atoms with E-state index in [0.717, 1.165) is 25.8 Å². The van der Waals surface area contributed by atoms with Crippen LogP contribution in [0.15, 0.2) is 66.9 Å². The van der Waals surface area contributed by atoms with Gasteiger partial charge in [-0.15, -0.1) is 0 Å². The molecule has 2 N–H and O–H groups in total. The van der Waals surface area contributed by atoms with Gasteiger partial charge in [-0.3, -0.25) is 0 Å². The first-order valence-electron chi connectivity index (χ1n) is 9.38. The Morgan fingerprint density at radius 2 is 1.73 bits per heavy atom. The molecule has 0 saturated heterocycles. The van der Waals surface area contributed by atoms with E-state index in [1.807, 2.05) is 6.07 Å². The third-order valence-electron chi connectivity index (χ3n) is 5.37. The quantitative estimate of drug-likeness (QED) is 0.622. The van der Waals surface area contributed by atoms with E-state index in [-0.39, 0.29) is 11.4 Å². The van der Waals surface area contributed by atoms with Crippen LogP contribution in [0.3, 0.4) is 0 Å². The number of benzene rings is 2. The Bertz CT molecular complexity index is 881. The Hall–Kier alpha value is -2.75. The zero-order chi connectivity index (χ0) is 17.8. The standard InChI is InChI=1S/C22H25N3O/c26-21(24-17-22(12-13-22)19-8-2-1-3-9-19)23-14-6-15-25-16-11-18-7-4-5-10-20(18)25/h1-5,7-11,16H,6,12-15,17H2,(H2,23,24,26). The van der Waals surface area contributed by atoms with Gasteiger partial charge in [0.15, 0.2) is 0 Å². The van der Waals surface area contributed by atoms with Crippen LogP contribution in [0.25, 0.3) is 10.9 Å². The van der Waals surface area contributed by atoms with E-state index in [1.165, 1.54) is 16.5 Å². The molecule has 4 heteroatoms. The molecule has 4 rings (SSSR count). The van der Waals surface area contributed by atoms with Crippen LogP contribution in [-0.4, -0.2) is 23.7 Å². The number of nitrogens with zero attached hydrogens (tertiary/aromatic N) is 1. The molecule has 2 amide bonds. The topological polar surface area (TPSA) is 46.1 Å². The minimum Gasteiger partial charge on any atom is -0.347 e. The highest BCUT2D eigenvalue weighted by molar-refractivity contribution is 5.79. The van der Waals surface area contributed by atoms with Gasteiger partial charge in [-0.05, 0) is 42.3 Å². The van der Waals surface area contributed by atoms with E-state index in [2.05, 4.69) is 76.0 Å². The van der Waals surface area contributed by atoms with Gasteiger partial charge in [-0.25, -0.2) is 4.79 Å². The highest BCUT2D eigenvalue weighted by atomic mass is 16.2. The predicted molar refractivity (Wildman–Crippen MR) is 105 cm³/mol. The largest absolute Gasteiger partial charge is 0.347 e. The normalized spacial score (nSPS) is 14.9. The Morgan fingerprint density at radius 3 is 2.54 bits per heavy atom. The molecule has 4 nitrogen and oxygen atoms in total. The van der Waals surface area contributed by atoms with Crippen LogP contribution in [0.1, 0.15) is 24.8 Å². The molecule has 1 aromatic heterocycles. The summed E-state index contributed by atoms with van der Waals surface area (Å²) in [6.45, 7) is 2.30. The van der Waals surface area contributed by atoms with Crippen LogP contribution in [-0.2, 0) is 12.0 Å². The van der Waals surface area contributed by atoms with Crippen molar-refractivity contribution in [3.63, 3.8) is 0 Å². The number of aromatic nitrogens is 1. The predicted octanol–water partition coefficient (Wildman–Crippen LogP) is 4.06. The van der Waals surface area contributed by atoms with Crippen molar-refractivity contribution in [3.05, 3.63) is 72.4 Å². The lowest BCUT2D eigenvalue weighted by Crippen LogP contribution is -2.40. The van der Waals surface area contributed by atoms with Crippen LogP contribution in [0.2, 0.25) is 0 Å². The number of nitrogens with one attached hydrogen (secondary N) is 2. The first kappa shape index (κ1) is 16.7. The number of rotatable bonds is 7. The summed E-state index contributed by atoms with van der Waals surface area (Å²) in [6, 6.07) is 20.9. The SMILES string of the molecule is O=C(NCCCn1ccc2ccccc21)NCC1(c2ccccc2)CC1. The molecule has 1 aliphatic carbocycles. The average Bonchev–Trinajstić information content (AvgIpc) is 3.38. The van der Waals surface area contributed by atoms with Crippen LogP contribution in [0, 0.1) is 0 Å². The van der Waals surface area contributed by atoms with Crippen LogP contribution < -0.4 is 10.6 Å². The van der Waals surface area contributed by atoms with Crippen molar-refractivity contribution in [3.8, 4) is 0 Å². The molecule has 1 aliphatic rings. The van der Waals surface area contributed by atoms with Gasteiger partial charge in [-0.2, -0.15) is 0 Å². The molecule has 0 radical (unpaired) electrons. The van der Waals surface area contributed by atoms with E-state index in [9.17, 15) is 4.79 Å². The summed E-state index contributed by atoms with van der Waals surface area (Å²) >= 11 is 0. The minimum atomic E-state index is -0.0652. The number of fused-ring (bicyclic) bond motifs is 1. The molecule has 1 fully saturated rings. The third-order valence-corrected chi connectivity index (χ3v) is 5.37. The molecule has 0 atom stereocenters. The van der Waals surface area contributed by atoms with Crippen LogP contribution in [0.5, 0.6) is 0 Å². The molecule has 0 bridgehead atoms. The summed E-state index contributed by atoms with van der Waals surface area (Å²) in [5.41, 5.74) is 2.73. The Morgan fingerprint density at radius 1 is 0.962 bits per heavy atom. The monoisotopic (exact) mass is 347 g/mol. The maximum atomic E-state index is 12.1. The number of hydrogen-bond acceptors (Lipinski definition) is 1. The fourth-order valence-electron chi connectivity index (χ4n) is 3.61. The highest BCUT2D eigenvalue weighted by Gasteiger charge is 2.44. The molecule has 1 heterocycles. The summed E-state index contributed by atoms with van der Waals surface area (Å²) in [5.74, 6) is 0. The van der Waals surface area contributed by atoms with Gasteiger partial charge in [0.05, 0.1) is 0 Å². The lowest BCUT2D eigenvalue weighted by Gasteiger charge is -2.17. The van der Waals surface area contributed by atoms with Crippen LogP contribution >= 0.6 is 0 Å². The number of carbonyl (C=O) groups excluding carboxylic acids is 1. The summed E-state index contributed by atoms with van der Waals surface area (Å²) in [4.78, 5) is 12.1. The molecule has 0 spiro atoms. The number of para-hydroxylation sites is 1. The van der Waals surface area contributed by atoms with Crippen molar-refractivity contribution in [2.24, 2.45) is 0 Å². The summed E-state index contributed by atoms with van der Waals surface area (Å²) < 4.78 is 2.24. The van der Waals surface area contributed by atoms with Gasteiger partial charge in [-0.1, -0.05) is 48.5 Å². The van der Waals surface area contributed by atoms with E-state index < -0.39 is 0 Å². The first-order valence-corrected chi connectivity index (χ1v) is 9.38. The zero-order valence-electron chi connectivity index (χ0n) is 14.9. The van der Waals surface area contributed by atoms with Crippen molar-refractivity contribution in [2.75, 3.05) is 13.1 Å². The van der Waals surface area contributed by atoms with Gasteiger partial charge in [0.1, 0.15) is 0 Å². The van der Waals surface area contributed by atoms with E-state index in [0.29, 0.717) is 13.1 Å². The average molecular weight is 347 g/mol. The number of amides is 2. The molecular weight excluding hydrogens is 322 g/mol. The third kappa shape index (κ3) is 3.59. The fourth-order valence-corrected chi connectivity index (χ4v) is 3.61. The Kier molecular flexibility index (Phi) is 4.65. The second-order valence-corrected chi connectivity index (χ2v) is 7.18. The van der Waals surface area contributed by atoms with Crippen molar-refractivity contribution in [1.29, 1.82) is 0 Å². The van der Waals surface area contributed by atoms with Gasteiger partial charge < -0.3 is 15.2 Å². The minimum absolute atomic E-state index is 0.0652. The van der Waals surface area contributed by atoms with Crippen molar-refractivity contribution >= 4 is 16.9 Å². The highest BCUT2D eigenvalue weighted by Crippen LogP contribution is 2.47. The summed E-state index contributed by atoms with van der Waals surface area (Å²) in [5, 5.41) is 7.29. The van der Waals surface area contributed by atoms with E-state index in [1.54, 1.807) is 0 Å². The maximum Gasteiger partial charge on any atom is 0.314 e. The lowest BCUT2D eigenvalue weighted by molar-refractivity contribution is 0.239. The number of urea groups is 1. The van der Waals surface area contributed by atoms with E-state index >= 15 is 0 Å². The van der Waals surface area contributed by atoms with Crippen molar-refractivity contribution in [2.45, 2.75) is 31.2 Å². The van der Waals surface area contributed by atoms with Crippen LogP contribution in [0.4, 0.5) is 4.79 Å². The van der Waals surface area contributed by atoms with Crippen molar-refractivity contribution in [1.82, 2.24) is 15.2 Å². The van der Waals surface area contributed by atoms with Gasteiger partial charge >= 0.3 is 6.03 Å². The van der Waals surface area contributed by atoms with Gasteiger partial charge in [0.2, 0.25) is 0 Å². The summed E-state index contributed by atoms with van der Waals surface area (Å²) in [6.07, 6.45) is 5.33. The number of hydrogen-bond donors (Lipinski definition) is 2. The van der Waals surface area contributed by atoms with Crippen molar-refractivity contribution < 1.29 is 4.79 Å². The number of carbonyl (C=O) groups is 1. The molecule has 0 unspecified atom stereocenters. The van der Waals surface area contributed by atoms with Gasteiger partial charge in [0.25, 0.3) is 0 Å². The van der Waals surface area contributed by atoms with E-state index in [4.69, 9.17) is 0 Å². The molecule has 26 heavy (non-hydrogen) atoms. The lowest BCUT2D eigenvalue weighted by atomic mass is 9.96. The Labute approximate surface area is 154 Å². The first-order chi connectivity index (χ1) is 12.8. The molecule has 0 aliphatic heterocycles. The molecular formula is C22H25N3O. The molecule has 134 valence electrons.